The zero-order chi connectivity index (χ0) is 16.5. The maximum atomic E-state index is 6.18. The molecule has 0 saturated carbocycles. The molecule has 2 nitrogen and oxygen atoms in total. The van der Waals surface area contributed by atoms with Gasteiger partial charge in [-0.15, -0.1) is 0 Å². The molecule has 0 aliphatic heterocycles. The molecule has 1 aliphatic rings. The van der Waals surface area contributed by atoms with Gasteiger partial charge in [0, 0.05) is 16.7 Å². The second-order valence-corrected chi connectivity index (χ2v) is 6.61. The van der Waals surface area contributed by atoms with Crippen molar-refractivity contribution in [1.29, 1.82) is 0 Å². The normalized spacial score (nSPS) is 12.9. The molecular formula is C21H17BrO2. The molecule has 0 N–H and O–H groups in total. The summed E-state index contributed by atoms with van der Waals surface area (Å²) < 4.78 is 12.6. The first kappa shape index (κ1) is 15.3. The summed E-state index contributed by atoms with van der Waals surface area (Å²) in [7, 11) is 1.69. The number of para-hydroxylation sites is 1. The van der Waals surface area contributed by atoms with E-state index >= 15 is 0 Å². The van der Waals surface area contributed by atoms with Crippen LogP contribution < -0.4 is 4.74 Å². The summed E-state index contributed by atoms with van der Waals surface area (Å²) in [6, 6.07) is 16.4. The lowest BCUT2D eigenvalue weighted by Gasteiger charge is -2.14. The van der Waals surface area contributed by atoms with Crippen molar-refractivity contribution in [1.82, 2.24) is 0 Å². The van der Waals surface area contributed by atoms with Crippen LogP contribution in [0.15, 0.2) is 57.4 Å². The molecule has 0 saturated heterocycles. The van der Waals surface area contributed by atoms with Gasteiger partial charge in [-0.3, -0.25) is 0 Å². The third kappa shape index (κ3) is 2.59. The molecule has 3 heteroatoms. The average Bonchev–Trinajstić information content (AvgIpc) is 2.96. The van der Waals surface area contributed by atoms with Gasteiger partial charge in [-0.25, -0.2) is 0 Å². The van der Waals surface area contributed by atoms with Gasteiger partial charge in [0.2, 0.25) is 0 Å². The molecule has 3 aromatic rings. The van der Waals surface area contributed by atoms with E-state index in [0.29, 0.717) is 0 Å². The monoisotopic (exact) mass is 380 g/mol. The molecule has 0 atom stereocenters. The lowest BCUT2D eigenvalue weighted by atomic mass is 9.91. The van der Waals surface area contributed by atoms with Gasteiger partial charge in [0.15, 0.2) is 0 Å². The second-order valence-electron chi connectivity index (χ2n) is 5.82. The summed E-state index contributed by atoms with van der Waals surface area (Å²) >= 11 is 3.72. The number of furan rings is 1. The summed E-state index contributed by atoms with van der Waals surface area (Å²) in [4.78, 5) is 0. The molecular weight excluding hydrogens is 364 g/mol. The minimum absolute atomic E-state index is 0.850. The summed E-state index contributed by atoms with van der Waals surface area (Å²) in [5, 5.41) is 0. The third-order valence-electron chi connectivity index (χ3n) is 4.43. The van der Waals surface area contributed by atoms with Gasteiger partial charge < -0.3 is 9.15 Å². The Morgan fingerprint density at radius 1 is 1.00 bits per heavy atom. The van der Waals surface area contributed by atoms with Crippen LogP contribution in [0.5, 0.6) is 5.75 Å². The number of hydrogen-bond acceptors (Lipinski definition) is 2. The van der Waals surface area contributed by atoms with Crippen LogP contribution in [0.3, 0.4) is 0 Å². The molecule has 1 aromatic heterocycles. The summed E-state index contributed by atoms with van der Waals surface area (Å²) in [6.45, 7) is 0. The third-order valence-corrected chi connectivity index (χ3v) is 5.30. The van der Waals surface area contributed by atoms with E-state index in [1.54, 1.807) is 7.11 Å². The van der Waals surface area contributed by atoms with Gasteiger partial charge in [0.25, 0.3) is 0 Å². The van der Waals surface area contributed by atoms with Gasteiger partial charge in [-0.2, -0.15) is 0 Å². The highest BCUT2D eigenvalue weighted by Gasteiger charge is 2.24. The predicted octanol–water partition coefficient (Wildman–Crippen LogP) is 5.99. The van der Waals surface area contributed by atoms with E-state index in [1.165, 1.54) is 16.7 Å². The molecule has 0 radical (unpaired) electrons. The molecule has 0 bridgehead atoms. The van der Waals surface area contributed by atoms with Gasteiger partial charge in [0.05, 0.1) is 11.6 Å². The number of rotatable bonds is 3. The van der Waals surface area contributed by atoms with Crippen LogP contribution in [-0.4, -0.2) is 7.11 Å². The number of hydrogen-bond donors (Lipinski definition) is 0. The van der Waals surface area contributed by atoms with E-state index in [0.717, 1.165) is 40.1 Å². The summed E-state index contributed by atoms with van der Waals surface area (Å²) in [6.07, 6.45) is 6.08. The van der Waals surface area contributed by atoms with E-state index in [9.17, 15) is 0 Å². The standard InChI is InChI=1S/C21H17BrO2/c1-23-18-9-5-3-7-15(18)11-13-19-20(22)17-12-10-14-6-2-4-8-16(14)21(17)24-19/h2-9,11,13H,10,12H2,1H3/b13-11+. The Hall–Kier alpha value is -2.26. The Bertz CT molecular complexity index is 921. The van der Waals surface area contributed by atoms with Crippen molar-refractivity contribution in [3.05, 3.63) is 75.5 Å². The molecule has 1 heterocycles. The van der Waals surface area contributed by atoms with E-state index in [1.807, 2.05) is 36.4 Å². The number of benzene rings is 2. The van der Waals surface area contributed by atoms with Crippen molar-refractivity contribution in [3.63, 3.8) is 0 Å². The molecule has 0 spiro atoms. The van der Waals surface area contributed by atoms with E-state index in [4.69, 9.17) is 9.15 Å². The Balaban J connectivity index is 1.74. The van der Waals surface area contributed by atoms with Crippen LogP contribution in [0.2, 0.25) is 0 Å². The number of halogens is 1. The maximum absolute atomic E-state index is 6.18. The van der Waals surface area contributed by atoms with Crippen molar-refractivity contribution in [3.8, 4) is 17.1 Å². The maximum Gasteiger partial charge on any atom is 0.142 e. The number of aryl methyl sites for hydroxylation is 1. The topological polar surface area (TPSA) is 22.4 Å². The van der Waals surface area contributed by atoms with Crippen molar-refractivity contribution in [2.24, 2.45) is 0 Å². The van der Waals surface area contributed by atoms with Crippen molar-refractivity contribution in [2.45, 2.75) is 12.8 Å². The molecule has 0 fully saturated rings. The highest BCUT2D eigenvalue weighted by Crippen LogP contribution is 2.41. The van der Waals surface area contributed by atoms with Crippen LogP contribution in [-0.2, 0) is 12.8 Å². The number of ether oxygens (including phenoxy) is 1. The quantitative estimate of drug-likeness (QED) is 0.556. The second kappa shape index (κ2) is 6.33. The molecule has 24 heavy (non-hydrogen) atoms. The largest absolute Gasteiger partial charge is 0.496 e. The van der Waals surface area contributed by atoms with E-state index in [-0.39, 0.29) is 0 Å². The fraction of sp³-hybridized carbons (Fsp3) is 0.143. The van der Waals surface area contributed by atoms with Gasteiger partial charge >= 0.3 is 0 Å². The first-order valence-electron chi connectivity index (χ1n) is 7.98. The number of methoxy groups -OCH3 is 1. The fourth-order valence-corrected chi connectivity index (χ4v) is 3.79. The van der Waals surface area contributed by atoms with Gasteiger partial charge in [-0.05, 0) is 52.6 Å². The van der Waals surface area contributed by atoms with E-state index < -0.39 is 0 Å². The van der Waals surface area contributed by atoms with Gasteiger partial charge in [0.1, 0.15) is 17.3 Å². The summed E-state index contributed by atoms with van der Waals surface area (Å²) in [5.74, 6) is 2.69. The Morgan fingerprint density at radius 2 is 1.79 bits per heavy atom. The fourth-order valence-electron chi connectivity index (χ4n) is 3.20. The van der Waals surface area contributed by atoms with E-state index in [2.05, 4.69) is 40.2 Å². The SMILES string of the molecule is COc1ccccc1/C=C/c1oc2c(c1Br)CCc1ccccc1-2. The Morgan fingerprint density at radius 3 is 2.67 bits per heavy atom. The molecule has 0 amide bonds. The molecule has 4 rings (SSSR count). The van der Waals surface area contributed by atoms with Crippen LogP contribution in [0.1, 0.15) is 22.5 Å². The summed E-state index contributed by atoms with van der Waals surface area (Å²) in [5.41, 5.74) is 4.85. The van der Waals surface area contributed by atoms with Crippen LogP contribution >= 0.6 is 15.9 Å². The molecule has 2 aromatic carbocycles. The van der Waals surface area contributed by atoms with Crippen LogP contribution in [0.4, 0.5) is 0 Å². The number of fused-ring (bicyclic) bond motifs is 3. The van der Waals surface area contributed by atoms with Crippen molar-refractivity contribution < 1.29 is 9.15 Å². The highest BCUT2D eigenvalue weighted by atomic mass is 79.9. The predicted molar refractivity (Wildman–Crippen MR) is 101 cm³/mol. The molecule has 0 unspecified atom stereocenters. The first-order valence-corrected chi connectivity index (χ1v) is 8.78. The molecule has 120 valence electrons. The smallest absolute Gasteiger partial charge is 0.142 e. The lowest BCUT2D eigenvalue weighted by molar-refractivity contribution is 0.414. The highest BCUT2D eigenvalue weighted by molar-refractivity contribution is 9.10. The van der Waals surface area contributed by atoms with Crippen LogP contribution in [0.25, 0.3) is 23.5 Å². The minimum Gasteiger partial charge on any atom is -0.496 e. The van der Waals surface area contributed by atoms with Gasteiger partial charge in [-0.1, -0.05) is 42.5 Å². The Labute approximate surface area is 149 Å². The van der Waals surface area contributed by atoms with Crippen molar-refractivity contribution in [2.75, 3.05) is 7.11 Å². The minimum atomic E-state index is 0.850. The molecule has 1 aliphatic carbocycles. The Kier molecular flexibility index (Phi) is 4.03. The zero-order valence-electron chi connectivity index (χ0n) is 13.4. The average molecular weight is 381 g/mol. The van der Waals surface area contributed by atoms with Crippen molar-refractivity contribution >= 4 is 28.1 Å². The lowest BCUT2D eigenvalue weighted by Crippen LogP contribution is -2.01. The van der Waals surface area contributed by atoms with Crippen LogP contribution in [0, 0.1) is 0 Å². The first-order chi connectivity index (χ1) is 11.8. The zero-order valence-corrected chi connectivity index (χ0v) is 15.0.